The fraction of sp³-hybridized carbons (Fsp3) is 0.273. The minimum Gasteiger partial charge on any atom is -0.294 e. The Bertz CT molecular complexity index is 386. The van der Waals surface area contributed by atoms with Crippen molar-refractivity contribution in [3.05, 3.63) is 35.4 Å². The molecule has 0 atom stereocenters. The van der Waals surface area contributed by atoms with Crippen LogP contribution in [0.25, 0.3) is 0 Å². The topological polar surface area (TPSA) is 34.1 Å². The van der Waals surface area contributed by atoms with E-state index in [-0.39, 0.29) is 0 Å². The summed E-state index contributed by atoms with van der Waals surface area (Å²) in [5.41, 5.74) is 1.01. The van der Waals surface area contributed by atoms with Crippen LogP contribution < -0.4 is 0 Å². The SMILES string of the molecule is Cc1ccccc1C(=O)CC(=O)C(F)F. The number of hydrogen-bond donors (Lipinski definition) is 0. The number of Topliss-reactive ketones (excluding diaryl/α,β-unsaturated/α-hetero) is 2. The molecule has 2 nitrogen and oxygen atoms in total. The zero-order valence-electron chi connectivity index (χ0n) is 8.17. The monoisotopic (exact) mass is 212 g/mol. The van der Waals surface area contributed by atoms with Gasteiger partial charge in [-0.2, -0.15) is 0 Å². The van der Waals surface area contributed by atoms with Gasteiger partial charge in [-0.15, -0.1) is 0 Å². The maximum absolute atomic E-state index is 11.9. The summed E-state index contributed by atoms with van der Waals surface area (Å²) in [6.45, 7) is 1.69. The maximum atomic E-state index is 11.9. The van der Waals surface area contributed by atoms with Crippen LogP contribution in [-0.2, 0) is 4.79 Å². The normalized spacial score (nSPS) is 10.4. The summed E-state index contributed by atoms with van der Waals surface area (Å²) < 4.78 is 23.8. The molecule has 0 aromatic heterocycles. The van der Waals surface area contributed by atoms with E-state index < -0.39 is 24.4 Å². The highest BCUT2D eigenvalue weighted by molar-refractivity contribution is 6.09. The Labute approximate surface area is 85.9 Å². The molecule has 0 amide bonds. The van der Waals surface area contributed by atoms with Crippen LogP contribution in [-0.4, -0.2) is 18.0 Å². The van der Waals surface area contributed by atoms with Crippen molar-refractivity contribution in [2.75, 3.05) is 0 Å². The molecular formula is C11H10F2O2. The van der Waals surface area contributed by atoms with Crippen molar-refractivity contribution < 1.29 is 18.4 Å². The van der Waals surface area contributed by atoms with Gasteiger partial charge in [0.15, 0.2) is 5.78 Å². The quantitative estimate of drug-likeness (QED) is 0.567. The van der Waals surface area contributed by atoms with E-state index in [2.05, 4.69) is 0 Å². The Hall–Kier alpha value is -1.58. The van der Waals surface area contributed by atoms with E-state index in [1.54, 1.807) is 25.1 Å². The van der Waals surface area contributed by atoms with Crippen LogP contribution in [0.4, 0.5) is 8.78 Å². The van der Waals surface area contributed by atoms with Crippen LogP contribution in [0.2, 0.25) is 0 Å². The minimum atomic E-state index is -3.07. The molecule has 1 rings (SSSR count). The number of ketones is 2. The third-order valence-electron chi connectivity index (χ3n) is 2.02. The summed E-state index contributed by atoms with van der Waals surface area (Å²) in [6, 6.07) is 6.59. The molecule has 0 aliphatic carbocycles. The van der Waals surface area contributed by atoms with Crippen LogP contribution in [0.3, 0.4) is 0 Å². The first-order valence-electron chi connectivity index (χ1n) is 4.42. The van der Waals surface area contributed by atoms with Gasteiger partial charge in [-0.1, -0.05) is 24.3 Å². The fourth-order valence-corrected chi connectivity index (χ4v) is 1.22. The molecule has 0 N–H and O–H groups in total. The average Bonchev–Trinajstić information content (AvgIpc) is 2.18. The zero-order chi connectivity index (χ0) is 11.4. The summed E-state index contributed by atoms with van der Waals surface area (Å²) in [7, 11) is 0. The summed E-state index contributed by atoms with van der Waals surface area (Å²) >= 11 is 0. The van der Waals surface area contributed by atoms with Gasteiger partial charge in [-0.3, -0.25) is 9.59 Å². The van der Waals surface area contributed by atoms with Gasteiger partial charge in [-0.05, 0) is 12.5 Å². The van der Waals surface area contributed by atoms with Gasteiger partial charge in [0, 0.05) is 5.56 Å². The van der Waals surface area contributed by atoms with Crippen LogP contribution in [0.15, 0.2) is 24.3 Å². The molecule has 0 heterocycles. The Morgan fingerprint density at radius 2 is 1.87 bits per heavy atom. The van der Waals surface area contributed by atoms with Crippen molar-refractivity contribution in [2.45, 2.75) is 19.8 Å². The lowest BCUT2D eigenvalue weighted by Crippen LogP contribution is -2.15. The van der Waals surface area contributed by atoms with Crippen LogP contribution in [0, 0.1) is 6.92 Å². The summed E-state index contributed by atoms with van der Waals surface area (Å²) in [5, 5.41) is 0. The Morgan fingerprint density at radius 1 is 1.27 bits per heavy atom. The Morgan fingerprint density at radius 3 is 2.40 bits per heavy atom. The highest BCUT2D eigenvalue weighted by Crippen LogP contribution is 2.11. The van der Waals surface area contributed by atoms with E-state index in [1.807, 2.05) is 0 Å². The van der Waals surface area contributed by atoms with Crippen molar-refractivity contribution >= 4 is 11.6 Å². The first kappa shape index (κ1) is 11.5. The number of rotatable bonds is 4. The van der Waals surface area contributed by atoms with Gasteiger partial charge in [0.05, 0.1) is 6.42 Å². The van der Waals surface area contributed by atoms with Gasteiger partial charge < -0.3 is 0 Å². The molecule has 0 bridgehead atoms. The second-order valence-corrected chi connectivity index (χ2v) is 3.18. The smallest absolute Gasteiger partial charge is 0.294 e. The number of carbonyl (C=O) groups excluding carboxylic acids is 2. The molecule has 0 unspecified atom stereocenters. The highest BCUT2D eigenvalue weighted by Gasteiger charge is 2.20. The molecular weight excluding hydrogens is 202 g/mol. The molecule has 80 valence electrons. The lowest BCUT2D eigenvalue weighted by molar-refractivity contribution is -0.128. The second-order valence-electron chi connectivity index (χ2n) is 3.18. The minimum absolute atomic E-state index is 0.325. The fourth-order valence-electron chi connectivity index (χ4n) is 1.22. The van der Waals surface area contributed by atoms with E-state index in [0.717, 1.165) is 0 Å². The average molecular weight is 212 g/mol. The van der Waals surface area contributed by atoms with Gasteiger partial charge in [0.1, 0.15) is 0 Å². The summed E-state index contributed by atoms with van der Waals surface area (Å²) in [5.74, 6) is -1.89. The van der Waals surface area contributed by atoms with Crippen molar-refractivity contribution in [2.24, 2.45) is 0 Å². The number of carbonyl (C=O) groups is 2. The zero-order valence-corrected chi connectivity index (χ0v) is 8.17. The first-order chi connectivity index (χ1) is 7.02. The highest BCUT2D eigenvalue weighted by atomic mass is 19.3. The first-order valence-corrected chi connectivity index (χ1v) is 4.42. The number of hydrogen-bond acceptors (Lipinski definition) is 2. The van der Waals surface area contributed by atoms with E-state index >= 15 is 0 Å². The molecule has 15 heavy (non-hydrogen) atoms. The van der Waals surface area contributed by atoms with Gasteiger partial charge >= 0.3 is 0 Å². The predicted octanol–water partition coefficient (Wildman–Crippen LogP) is 2.40. The molecule has 4 heteroatoms. The van der Waals surface area contributed by atoms with E-state index in [9.17, 15) is 18.4 Å². The van der Waals surface area contributed by atoms with E-state index in [1.165, 1.54) is 6.07 Å². The van der Waals surface area contributed by atoms with Gasteiger partial charge in [-0.25, -0.2) is 8.78 Å². The molecule has 0 aliphatic rings. The van der Waals surface area contributed by atoms with E-state index in [4.69, 9.17) is 0 Å². The van der Waals surface area contributed by atoms with E-state index in [0.29, 0.717) is 11.1 Å². The molecule has 0 fully saturated rings. The summed E-state index contributed by atoms with van der Waals surface area (Å²) in [4.78, 5) is 22.1. The molecule has 0 radical (unpaired) electrons. The molecule has 0 spiro atoms. The molecule has 0 saturated carbocycles. The number of halogens is 2. The lowest BCUT2D eigenvalue weighted by atomic mass is 10.0. The number of benzene rings is 1. The summed E-state index contributed by atoms with van der Waals surface area (Å²) in [6.07, 6.45) is -3.80. The van der Waals surface area contributed by atoms with Crippen LogP contribution >= 0.6 is 0 Å². The van der Waals surface area contributed by atoms with Crippen LogP contribution in [0.5, 0.6) is 0 Å². The Balaban J connectivity index is 2.79. The second kappa shape index (κ2) is 4.77. The molecule has 0 aliphatic heterocycles. The molecule has 1 aromatic rings. The van der Waals surface area contributed by atoms with Crippen molar-refractivity contribution in [3.8, 4) is 0 Å². The van der Waals surface area contributed by atoms with Gasteiger partial charge in [0.2, 0.25) is 5.78 Å². The third-order valence-corrected chi connectivity index (χ3v) is 2.02. The largest absolute Gasteiger partial charge is 0.296 e. The van der Waals surface area contributed by atoms with Crippen LogP contribution in [0.1, 0.15) is 22.3 Å². The number of alkyl halides is 2. The standard InChI is InChI=1S/C11H10F2O2/c1-7-4-2-3-5-8(7)9(14)6-10(15)11(12)13/h2-5,11H,6H2,1H3. The van der Waals surface area contributed by atoms with Crippen molar-refractivity contribution in [3.63, 3.8) is 0 Å². The Kier molecular flexibility index (Phi) is 3.66. The lowest BCUT2D eigenvalue weighted by Gasteiger charge is -2.03. The van der Waals surface area contributed by atoms with Gasteiger partial charge in [0.25, 0.3) is 6.43 Å². The molecule has 0 saturated heterocycles. The van der Waals surface area contributed by atoms with Crippen molar-refractivity contribution in [1.82, 2.24) is 0 Å². The van der Waals surface area contributed by atoms with Crippen molar-refractivity contribution in [1.29, 1.82) is 0 Å². The predicted molar refractivity (Wildman–Crippen MR) is 51.1 cm³/mol. The third kappa shape index (κ3) is 2.94. The number of aryl methyl sites for hydroxylation is 1. The maximum Gasteiger partial charge on any atom is 0.296 e. The molecule has 1 aromatic carbocycles.